The highest BCUT2D eigenvalue weighted by Gasteiger charge is 2.20. The summed E-state index contributed by atoms with van der Waals surface area (Å²) in [7, 11) is 0. The highest BCUT2D eigenvalue weighted by atomic mass is 35.5. The van der Waals surface area contributed by atoms with Gasteiger partial charge in [-0.1, -0.05) is 17.7 Å². The average Bonchev–Trinajstić information content (AvgIpc) is 3.18. The van der Waals surface area contributed by atoms with E-state index in [-0.39, 0.29) is 17.9 Å². The van der Waals surface area contributed by atoms with Gasteiger partial charge in [0.2, 0.25) is 5.91 Å². The fraction of sp³-hybridized carbons (Fsp3) is 0.333. The zero-order valence-electron chi connectivity index (χ0n) is 16.7. The molecule has 2 amide bonds. The van der Waals surface area contributed by atoms with Crippen LogP contribution in [0.1, 0.15) is 41.5 Å². The van der Waals surface area contributed by atoms with Gasteiger partial charge in [0.25, 0.3) is 5.91 Å². The summed E-state index contributed by atoms with van der Waals surface area (Å²) in [4.78, 5) is 24.6. The van der Waals surface area contributed by atoms with E-state index in [1.165, 1.54) is 0 Å². The Labute approximate surface area is 184 Å². The lowest BCUT2D eigenvalue weighted by Crippen LogP contribution is -2.31. The van der Waals surface area contributed by atoms with Gasteiger partial charge in [-0.15, -0.1) is 10.2 Å². The number of nitrogens with zero attached hydrogens (tertiary/aromatic N) is 3. The van der Waals surface area contributed by atoms with Crippen molar-refractivity contribution in [3.8, 4) is 0 Å². The molecular formula is C21H24ClN5O2S. The van der Waals surface area contributed by atoms with E-state index in [2.05, 4.69) is 20.8 Å². The number of rotatable bonds is 10. The van der Waals surface area contributed by atoms with Crippen molar-refractivity contribution >= 4 is 40.8 Å². The summed E-state index contributed by atoms with van der Waals surface area (Å²) in [5.41, 5.74) is 1.29. The molecule has 1 unspecified atom stereocenters. The molecule has 30 heavy (non-hydrogen) atoms. The number of aromatic nitrogens is 3. The van der Waals surface area contributed by atoms with E-state index in [9.17, 15) is 9.59 Å². The quantitative estimate of drug-likeness (QED) is 0.466. The number of halogens is 1. The summed E-state index contributed by atoms with van der Waals surface area (Å²) in [5, 5.41) is 14.9. The lowest BCUT2D eigenvalue weighted by molar-refractivity contribution is -0.122. The summed E-state index contributed by atoms with van der Waals surface area (Å²) in [6.45, 7) is 0.415. The highest BCUT2D eigenvalue weighted by molar-refractivity contribution is 7.98. The van der Waals surface area contributed by atoms with Crippen molar-refractivity contribution in [1.29, 1.82) is 0 Å². The monoisotopic (exact) mass is 445 g/mol. The summed E-state index contributed by atoms with van der Waals surface area (Å²) in [6.07, 6.45) is 5.55. The average molecular weight is 446 g/mol. The molecule has 9 heteroatoms. The number of pyridine rings is 1. The second-order valence-electron chi connectivity index (χ2n) is 6.75. The van der Waals surface area contributed by atoms with Crippen LogP contribution >= 0.6 is 23.4 Å². The van der Waals surface area contributed by atoms with Crippen LogP contribution in [-0.2, 0) is 4.79 Å². The number of thioether (sulfide) groups is 1. The summed E-state index contributed by atoms with van der Waals surface area (Å²) in [6, 6.07) is 12.2. The smallest absolute Gasteiger partial charge is 0.251 e. The van der Waals surface area contributed by atoms with E-state index in [1.807, 2.05) is 35.1 Å². The Hall–Kier alpha value is -2.58. The van der Waals surface area contributed by atoms with Gasteiger partial charge in [-0.2, -0.15) is 11.8 Å². The Morgan fingerprint density at radius 3 is 2.73 bits per heavy atom. The molecule has 0 spiro atoms. The summed E-state index contributed by atoms with van der Waals surface area (Å²) in [5.74, 6) is 1.36. The second kappa shape index (κ2) is 11.0. The van der Waals surface area contributed by atoms with Crippen LogP contribution in [0.25, 0.3) is 5.65 Å². The van der Waals surface area contributed by atoms with E-state index < -0.39 is 0 Å². The molecule has 0 aliphatic carbocycles. The van der Waals surface area contributed by atoms with Crippen LogP contribution in [0.3, 0.4) is 0 Å². The largest absolute Gasteiger partial charge is 0.352 e. The van der Waals surface area contributed by atoms with Crippen molar-refractivity contribution in [3.63, 3.8) is 0 Å². The number of hydrogen-bond acceptors (Lipinski definition) is 5. The second-order valence-corrected chi connectivity index (χ2v) is 8.18. The number of nitrogens with one attached hydrogen (secondary N) is 2. The van der Waals surface area contributed by atoms with Crippen LogP contribution in [0, 0.1) is 0 Å². The lowest BCUT2D eigenvalue weighted by atomic mass is 10.2. The maximum Gasteiger partial charge on any atom is 0.251 e. The predicted octanol–water partition coefficient (Wildman–Crippen LogP) is 3.50. The third kappa shape index (κ3) is 5.96. The number of amides is 2. The molecule has 0 saturated heterocycles. The molecule has 0 saturated carbocycles. The molecular weight excluding hydrogens is 422 g/mol. The van der Waals surface area contributed by atoms with E-state index in [1.54, 1.807) is 36.0 Å². The lowest BCUT2D eigenvalue weighted by Gasteiger charge is -2.17. The fourth-order valence-corrected chi connectivity index (χ4v) is 3.62. The molecule has 158 valence electrons. The maximum absolute atomic E-state index is 12.5. The predicted molar refractivity (Wildman–Crippen MR) is 120 cm³/mol. The Kier molecular flexibility index (Phi) is 8.10. The number of fused-ring (bicyclic) bond motifs is 1. The highest BCUT2D eigenvalue weighted by Crippen LogP contribution is 2.18. The standard InChI is InChI=1S/C21H24ClN5O2S/c1-30-14-11-17(20-26-25-18-5-2-3-13-27(18)20)24-19(28)6-4-12-23-21(29)15-7-9-16(22)10-8-15/h2-3,5,7-10,13,17H,4,6,11-12,14H2,1H3,(H,23,29)(H,24,28). The normalized spacial score (nSPS) is 11.9. The minimum atomic E-state index is -0.217. The van der Waals surface area contributed by atoms with Crippen LogP contribution in [0.15, 0.2) is 48.7 Å². The first-order valence-corrected chi connectivity index (χ1v) is 11.5. The van der Waals surface area contributed by atoms with Crippen molar-refractivity contribution < 1.29 is 9.59 Å². The molecule has 0 fully saturated rings. The topological polar surface area (TPSA) is 88.4 Å². The van der Waals surface area contributed by atoms with Crippen LogP contribution in [-0.4, -0.2) is 45.0 Å². The van der Waals surface area contributed by atoms with Gasteiger partial charge in [0.1, 0.15) is 0 Å². The maximum atomic E-state index is 12.5. The Morgan fingerprint density at radius 2 is 1.97 bits per heavy atom. The molecule has 2 N–H and O–H groups in total. The third-order valence-corrected chi connectivity index (χ3v) is 5.47. The molecule has 7 nitrogen and oxygen atoms in total. The molecule has 2 aromatic heterocycles. The van der Waals surface area contributed by atoms with Crippen molar-refractivity contribution in [1.82, 2.24) is 25.2 Å². The third-order valence-electron chi connectivity index (χ3n) is 4.57. The van der Waals surface area contributed by atoms with Crippen LogP contribution in [0.5, 0.6) is 0 Å². The number of carbonyl (C=O) groups is 2. The molecule has 3 aromatic rings. The number of hydrogen-bond donors (Lipinski definition) is 2. The molecule has 0 aliphatic heterocycles. The molecule has 3 rings (SSSR count). The molecule has 2 heterocycles. The summed E-state index contributed by atoms with van der Waals surface area (Å²) < 4.78 is 1.90. The molecule has 0 aliphatic rings. The van der Waals surface area contributed by atoms with E-state index in [0.717, 1.165) is 23.6 Å². The number of benzene rings is 1. The Bertz CT molecular complexity index is 992. The minimum absolute atomic E-state index is 0.0745. The molecule has 1 atom stereocenters. The Balaban J connectivity index is 1.51. The van der Waals surface area contributed by atoms with Gasteiger partial charge in [-0.3, -0.25) is 14.0 Å². The number of carbonyl (C=O) groups excluding carboxylic acids is 2. The first kappa shape index (κ1) is 22.1. The zero-order valence-corrected chi connectivity index (χ0v) is 18.2. The molecule has 0 bridgehead atoms. The van der Waals surface area contributed by atoms with Crippen molar-refractivity contribution in [2.45, 2.75) is 25.3 Å². The Morgan fingerprint density at radius 1 is 1.17 bits per heavy atom. The van der Waals surface area contributed by atoms with Gasteiger partial charge >= 0.3 is 0 Å². The van der Waals surface area contributed by atoms with Gasteiger partial charge in [0.15, 0.2) is 11.5 Å². The van der Waals surface area contributed by atoms with Crippen LogP contribution in [0.4, 0.5) is 0 Å². The van der Waals surface area contributed by atoms with Gasteiger partial charge in [-0.05, 0) is 61.2 Å². The van der Waals surface area contributed by atoms with E-state index in [4.69, 9.17) is 11.6 Å². The van der Waals surface area contributed by atoms with Crippen LogP contribution in [0.2, 0.25) is 5.02 Å². The van der Waals surface area contributed by atoms with E-state index in [0.29, 0.717) is 30.0 Å². The summed E-state index contributed by atoms with van der Waals surface area (Å²) >= 11 is 7.55. The van der Waals surface area contributed by atoms with Gasteiger partial charge in [0, 0.05) is 29.7 Å². The van der Waals surface area contributed by atoms with Gasteiger partial charge < -0.3 is 10.6 Å². The first-order valence-electron chi connectivity index (χ1n) is 9.70. The van der Waals surface area contributed by atoms with Crippen molar-refractivity contribution in [2.75, 3.05) is 18.6 Å². The van der Waals surface area contributed by atoms with E-state index >= 15 is 0 Å². The minimum Gasteiger partial charge on any atom is -0.352 e. The van der Waals surface area contributed by atoms with Crippen molar-refractivity contribution in [2.24, 2.45) is 0 Å². The van der Waals surface area contributed by atoms with Crippen molar-refractivity contribution in [3.05, 3.63) is 65.1 Å². The fourth-order valence-electron chi connectivity index (χ4n) is 3.02. The molecule has 1 aromatic carbocycles. The SMILES string of the molecule is CSCCC(NC(=O)CCCNC(=O)c1ccc(Cl)cc1)c1nnc2ccccn12. The zero-order chi connectivity index (χ0) is 21.3. The first-order chi connectivity index (χ1) is 14.6. The van der Waals surface area contributed by atoms with Gasteiger partial charge in [0.05, 0.1) is 6.04 Å². The molecule has 0 radical (unpaired) electrons. The van der Waals surface area contributed by atoms with Crippen LogP contribution < -0.4 is 10.6 Å². The van der Waals surface area contributed by atoms with Gasteiger partial charge in [-0.25, -0.2) is 0 Å².